The topological polar surface area (TPSA) is 137 Å². The van der Waals surface area contributed by atoms with Crippen molar-refractivity contribution in [3.63, 3.8) is 0 Å². The molecule has 2 aromatic heterocycles. The molecule has 1 aliphatic rings. The quantitative estimate of drug-likeness (QED) is 0.316. The number of aliphatic hydroxyl groups excluding tert-OH is 3. The molecule has 1 aliphatic heterocycles. The van der Waals surface area contributed by atoms with Crippen LogP contribution in [0.2, 0.25) is 5.02 Å². The van der Waals surface area contributed by atoms with Crippen LogP contribution in [0.25, 0.3) is 22.6 Å². The molecule has 3 aromatic rings. The van der Waals surface area contributed by atoms with Gasteiger partial charge in [0.1, 0.15) is 30.0 Å². The first-order chi connectivity index (χ1) is 17.2. The minimum absolute atomic E-state index is 0.113. The van der Waals surface area contributed by atoms with Crippen molar-refractivity contribution in [1.29, 1.82) is 0 Å². The third-order valence-electron chi connectivity index (χ3n) is 6.47. The first-order valence-electron chi connectivity index (χ1n) is 11.8. The Morgan fingerprint density at radius 2 is 1.92 bits per heavy atom. The number of nitrogens with zero attached hydrogens (tertiary/aromatic N) is 4. The molecule has 36 heavy (non-hydrogen) atoms. The number of aryl methyl sites for hydroxylation is 2. The summed E-state index contributed by atoms with van der Waals surface area (Å²) >= 11 is 6.59. The maximum absolute atomic E-state index is 10.00. The fourth-order valence-electron chi connectivity index (χ4n) is 4.41. The number of benzene rings is 1. The molecule has 4 rings (SSSR count). The van der Waals surface area contributed by atoms with Crippen LogP contribution in [0.1, 0.15) is 17.0 Å². The third kappa shape index (κ3) is 5.05. The number of ether oxygens (including phenoxy) is 1. The molecule has 1 saturated heterocycles. The van der Waals surface area contributed by atoms with Crippen LogP contribution in [0.5, 0.6) is 5.75 Å². The molecule has 0 radical (unpaired) electrons. The van der Waals surface area contributed by atoms with Crippen molar-refractivity contribution >= 4 is 17.4 Å². The summed E-state index contributed by atoms with van der Waals surface area (Å²) in [5, 5.41) is 37.0. The Morgan fingerprint density at radius 1 is 1.19 bits per heavy atom. The van der Waals surface area contributed by atoms with E-state index in [1.165, 1.54) is 0 Å². The van der Waals surface area contributed by atoms with E-state index in [-0.39, 0.29) is 19.8 Å². The van der Waals surface area contributed by atoms with E-state index in [0.29, 0.717) is 64.8 Å². The van der Waals surface area contributed by atoms with Gasteiger partial charge in [-0.25, -0.2) is 9.97 Å². The van der Waals surface area contributed by atoms with Gasteiger partial charge in [0.2, 0.25) is 0 Å². The van der Waals surface area contributed by atoms with Crippen molar-refractivity contribution in [3.8, 4) is 28.4 Å². The number of rotatable bonds is 10. The fourth-order valence-corrected chi connectivity index (χ4v) is 4.62. The van der Waals surface area contributed by atoms with Gasteiger partial charge in [0.15, 0.2) is 5.82 Å². The molecule has 1 unspecified atom stereocenters. The summed E-state index contributed by atoms with van der Waals surface area (Å²) < 4.78 is 11.2. The Balaban J connectivity index is 1.78. The zero-order valence-electron chi connectivity index (χ0n) is 20.9. The second-order valence-electron chi connectivity index (χ2n) is 9.38. The van der Waals surface area contributed by atoms with Gasteiger partial charge in [0.05, 0.1) is 40.6 Å². The van der Waals surface area contributed by atoms with Crippen molar-refractivity contribution in [1.82, 2.24) is 20.4 Å². The van der Waals surface area contributed by atoms with E-state index in [4.69, 9.17) is 30.8 Å². The molecule has 0 saturated carbocycles. The number of likely N-dealkylation sites (N-methyl/N-ethyl adjacent to an activating group) is 1. The molecule has 194 valence electrons. The summed E-state index contributed by atoms with van der Waals surface area (Å²) in [5.41, 5.74) is 2.99. The first-order valence-corrected chi connectivity index (χ1v) is 12.1. The van der Waals surface area contributed by atoms with E-state index < -0.39 is 11.5 Å². The maximum Gasteiger partial charge on any atom is 0.163 e. The Labute approximate surface area is 214 Å². The van der Waals surface area contributed by atoms with E-state index >= 15 is 0 Å². The minimum atomic E-state index is -0.660. The van der Waals surface area contributed by atoms with Crippen molar-refractivity contribution in [3.05, 3.63) is 40.2 Å². The van der Waals surface area contributed by atoms with Crippen molar-refractivity contribution in [2.75, 3.05) is 51.4 Å². The Bertz CT molecular complexity index is 1200. The van der Waals surface area contributed by atoms with E-state index in [0.717, 1.165) is 11.1 Å². The molecular weight excluding hydrogens is 486 g/mol. The monoisotopic (exact) mass is 517 g/mol. The number of aromatic nitrogens is 3. The highest BCUT2D eigenvalue weighted by atomic mass is 35.5. The predicted molar refractivity (Wildman–Crippen MR) is 136 cm³/mol. The minimum Gasteiger partial charge on any atom is -0.491 e. The first kappa shape index (κ1) is 26.3. The SMILES string of the molecule is CNCC(O)COc1ccc(Cl)c(-c2nc(-c3c(C)noc3C)c(C)c(N3CC(CO)(CO)C3)n2)c1. The zero-order valence-corrected chi connectivity index (χ0v) is 21.6. The van der Waals surface area contributed by atoms with Crippen LogP contribution in [0.15, 0.2) is 22.7 Å². The Hall–Kier alpha value is -2.76. The lowest BCUT2D eigenvalue weighted by molar-refractivity contribution is 0.0301. The Kier molecular flexibility index (Phi) is 7.82. The second-order valence-corrected chi connectivity index (χ2v) is 9.79. The van der Waals surface area contributed by atoms with Gasteiger partial charge in [-0.1, -0.05) is 16.8 Å². The number of halogens is 1. The van der Waals surface area contributed by atoms with Gasteiger partial charge in [-0.05, 0) is 46.0 Å². The van der Waals surface area contributed by atoms with Gasteiger partial charge in [-0.2, -0.15) is 0 Å². The molecule has 1 atom stereocenters. The Morgan fingerprint density at radius 3 is 2.53 bits per heavy atom. The van der Waals surface area contributed by atoms with Crippen LogP contribution in [-0.4, -0.2) is 83.1 Å². The number of nitrogens with one attached hydrogen (secondary N) is 1. The molecule has 3 heterocycles. The van der Waals surface area contributed by atoms with E-state index in [1.807, 2.05) is 25.7 Å². The van der Waals surface area contributed by atoms with Crippen LogP contribution in [0.4, 0.5) is 5.82 Å². The molecule has 4 N–H and O–H groups in total. The molecule has 0 spiro atoms. The maximum atomic E-state index is 10.00. The lowest BCUT2D eigenvalue weighted by atomic mass is 9.81. The number of hydrogen-bond acceptors (Lipinski definition) is 10. The lowest BCUT2D eigenvalue weighted by Crippen LogP contribution is -2.61. The molecule has 1 aromatic carbocycles. The van der Waals surface area contributed by atoms with Crippen molar-refractivity contribution < 1.29 is 24.6 Å². The van der Waals surface area contributed by atoms with Gasteiger partial charge < -0.3 is 34.8 Å². The normalized spacial score (nSPS) is 15.6. The van der Waals surface area contributed by atoms with Gasteiger partial charge in [-0.3, -0.25) is 0 Å². The summed E-state index contributed by atoms with van der Waals surface area (Å²) in [5.74, 6) is 2.23. The summed E-state index contributed by atoms with van der Waals surface area (Å²) in [4.78, 5) is 11.7. The summed E-state index contributed by atoms with van der Waals surface area (Å²) in [7, 11) is 1.76. The zero-order chi connectivity index (χ0) is 26.0. The summed E-state index contributed by atoms with van der Waals surface area (Å²) in [6, 6.07) is 5.19. The second kappa shape index (κ2) is 10.7. The molecule has 0 bridgehead atoms. The molecule has 0 amide bonds. The van der Waals surface area contributed by atoms with E-state index in [1.54, 1.807) is 25.2 Å². The molecule has 1 fully saturated rings. The van der Waals surface area contributed by atoms with Crippen LogP contribution in [-0.2, 0) is 0 Å². The van der Waals surface area contributed by atoms with Crippen LogP contribution < -0.4 is 15.0 Å². The molecule has 0 aliphatic carbocycles. The predicted octanol–water partition coefficient (Wildman–Crippen LogP) is 2.13. The molecule has 11 heteroatoms. The lowest BCUT2D eigenvalue weighted by Gasteiger charge is -2.49. The van der Waals surface area contributed by atoms with Crippen LogP contribution in [0, 0.1) is 26.2 Å². The van der Waals surface area contributed by atoms with Crippen LogP contribution in [0.3, 0.4) is 0 Å². The summed E-state index contributed by atoms with van der Waals surface area (Å²) in [6.45, 7) is 6.84. The third-order valence-corrected chi connectivity index (χ3v) is 6.80. The highest BCUT2D eigenvalue weighted by Crippen LogP contribution is 2.40. The highest BCUT2D eigenvalue weighted by Gasteiger charge is 2.43. The van der Waals surface area contributed by atoms with Crippen molar-refractivity contribution in [2.45, 2.75) is 26.9 Å². The van der Waals surface area contributed by atoms with Gasteiger partial charge in [-0.15, -0.1) is 0 Å². The summed E-state index contributed by atoms with van der Waals surface area (Å²) in [6.07, 6.45) is -0.660. The molecule has 10 nitrogen and oxygen atoms in total. The average Bonchev–Trinajstić information content (AvgIpc) is 3.17. The highest BCUT2D eigenvalue weighted by molar-refractivity contribution is 6.33. The number of hydrogen-bond donors (Lipinski definition) is 4. The van der Waals surface area contributed by atoms with E-state index in [9.17, 15) is 15.3 Å². The van der Waals surface area contributed by atoms with E-state index in [2.05, 4.69) is 10.5 Å². The average molecular weight is 518 g/mol. The smallest absolute Gasteiger partial charge is 0.163 e. The number of aliphatic hydroxyl groups is 3. The van der Waals surface area contributed by atoms with Gasteiger partial charge >= 0.3 is 0 Å². The van der Waals surface area contributed by atoms with Crippen LogP contribution >= 0.6 is 11.6 Å². The standard InChI is InChI=1S/C25H32ClN5O5/c1-14-22(21-15(2)30-36-16(21)3)28-23(29-24(14)31-10-25(11-31,12-32)13-33)19-7-18(5-6-20(19)26)35-9-17(34)8-27-4/h5-7,17,27,32-34H,8-13H2,1-4H3. The molecular formula is C25H32ClN5O5. The van der Waals surface area contributed by atoms with Gasteiger partial charge in [0.25, 0.3) is 0 Å². The van der Waals surface area contributed by atoms with Gasteiger partial charge in [0, 0.05) is 30.8 Å². The number of anilines is 1. The largest absolute Gasteiger partial charge is 0.491 e. The fraction of sp³-hybridized carbons (Fsp3) is 0.480. The van der Waals surface area contributed by atoms with Crippen molar-refractivity contribution in [2.24, 2.45) is 5.41 Å².